The number of nitrogens with zero attached hydrogens (tertiary/aromatic N) is 4. The third kappa shape index (κ3) is 2.54. The van der Waals surface area contributed by atoms with E-state index in [9.17, 15) is 0 Å². The molecule has 0 amide bonds. The molecule has 0 bridgehead atoms. The van der Waals surface area contributed by atoms with Gasteiger partial charge in [-0.1, -0.05) is 0 Å². The number of ether oxygens (including phenoxy) is 1. The van der Waals surface area contributed by atoms with Crippen LogP contribution < -0.4 is 0 Å². The van der Waals surface area contributed by atoms with Gasteiger partial charge < -0.3 is 13.7 Å². The predicted octanol–water partition coefficient (Wildman–Crippen LogP) is 4.26. The highest BCUT2D eigenvalue weighted by atomic mass is 16.5. The van der Waals surface area contributed by atoms with E-state index in [-0.39, 0.29) is 6.10 Å². The van der Waals surface area contributed by atoms with Crippen LogP contribution in [0.15, 0.2) is 53.5 Å². The van der Waals surface area contributed by atoms with Gasteiger partial charge in [-0.15, -0.1) is 0 Å². The van der Waals surface area contributed by atoms with Gasteiger partial charge in [0.1, 0.15) is 11.9 Å². The van der Waals surface area contributed by atoms with E-state index < -0.39 is 0 Å². The maximum Gasteiger partial charge on any atom is 0.180 e. The maximum absolute atomic E-state index is 6.10. The number of hydrogen-bond acceptors (Lipinski definition) is 4. The van der Waals surface area contributed by atoms with Crippen molar-refractivity contribution in [1.29, 1.82) is 0 Å². The number of aromatic nitrogens is 4. The van der Waals surface area contributed by atoms with E-state index in [1.807, 2.05) is 46.9 Å². The molecule has 4 heterocycles. The van der Waals surface area contributed by atoms with Gasteiger partial charge in [-0.25, -0.2) is 9.97 Å². The number of rotatable bonds is 3. The van der Waals surface area contributed by atoms with Crippen molar-refractivity contribution in [2.24, 2.45) is 7.05 Å². The Morgan fingerprint density at radius 1 is 1.12 bits per heavy atom. The molecule has 0 spiro atoms. The van der Waals surface area contributed by atoms with Gasteiger partial charge >= 0.3 is 0 Å². The average Bonchev–Trinajstić information content (AvgIpc) is 3.42. The smallest absolute Gasteiger partial charge is 0.180 e. The summed E-state index contributed by atoms with van der Waals surface area (Å²) in [6.07, 6.45) is 8.95. The van der Waals surface area contributed by atoms with Crippen LogP contribution in [0.25, 0.3) is 28.3 Å². The summed E-state index contributed by atoms with van der Waals surface area (Å²) in [5.41, 5.74) is 3.09. The second-order valence-electron chi connectivity index (χ2n) is 6.71. The fraction of sp³-hybridized carbons (Fsp3) is 0.300. The highest BCUT2D eigenvalue weighted by molar-refractivity contribution is 5.78. The van der Waals surface area contributed by atoms with Crippen LogP contribution in [0, 0.1) is 0 Å². The molecule has 1 aliphatic rings. The number of benzene rings is 1. The second-order valence-corrected chi connectivity index (χ2v) is 6.71. The van der Waals surface area contributed by atoms with Crippen molar-refractivity contribution in [3.05, 3.63) is 54.8 Å². The molecule has 0 saturated carbocycles. The molecule has 0 radical (unpaired) electrons. The van der Waals surface area contributed by atoms with Crippen LogP contribution in [0.3, 0.4) is 0 Å². The average molecular weight is 348 g/mol. The minimum absolute atomic E-state index is 0.0618. The summed E-state index contributed by atoms with van der Waals surface area (Å²) in [5.74, 6) is 2.43. The van der Waals surface area contributed by atoms with Crippen LogP contribution in [0.4, 0.5) is 0 Å². The van der Waals surface area contributed by atoms with Crippen LogP contribution >= 0.6 is 0 Å². The zero-order valence-electron chi connectivity index (χ0n) is 14.6. The molecule has 1 unspecified atom stereocenters. The zero-order valence-corrected chi connectivity index (χ0v) is 14.6. The SMILES string of the molecule is Cn1cnc2ccc(-n3ccnc3-c3ccc(C4CCCCO4)o3)cc21. The van der Waals surface area contributed by atoms with Crippen molar-refractivity contribution >= 4 is 11.0 Å². The standard InChI is InChI=1S/C20H20N4O2/c1-23-13-22-15-6-5-14(12-16(15)23)24-10-9-21-20(24)19-8-7-18(26-19)17-4-2-3-11-25-17/h5-10,12-13,17H,2-4,11H2,1H3. The molecule has 1 aromatic carbocycles. The monoisotopic (exact) mass is 348 g/mol. The largest absolute Gasteiger partial charge is 0.455 e. The van der Waals surface area contributed by atoms with E-state index >= 15 is 0 Å². The van der Waals surface area contributed by atoms with E-state index in [0.29, 0.717) is 0 Å². The number of furan rings is 1. The molecular formula is C20H20N4O2. The van der Waals surface area contributed by atoms with Crippen molar-refractivity contribution in [3.8, 4) is 17.3 Å². The van der Waals surface area contributed by atoms with Gasteiger partial charge in [0, 0.05) is 31.7 Å². The van der Waals surface area contributed by atoms with E-state index in [4.69, 9.17) is 9.15 Å². The van der Waals surface area contributed by atoms with Gasteiger partial charge in [-0.3, -0.25) is 4.57 Å². The Bertz CT molecular complexity index is 1050. The third-order valence-corrected chi connectivity index (χ3v) is 4.97. The summed E-state index contributed by atoms with van der Waals surface area (Å²) in [5, 5.41) is 0. The first kappa shape index (κ1) is 15.4. The Morgan fingerprint density at radius 2 is 2.08 bits per heavy atom. The lowest BCUT2D eigenvalue weighted by Crippen LogP contribution is -2.10. The number of hydrogen-bond donors (Lipinski definition) is 0. The highest BCUT2D eigenvalue weighted by Crippen LogP contribution is 2.32. The molecule has 26 heavy (non-hydrogen) atoms. The van der Waals surface area contributed by atoms with Gasteiger partial charge in [-0.2, -0.15) is 0 Å². The van der Waals surface area contributed by atoms with Crippen LogP contribution in [-0.2, 0) is 11.8 Å². The third-order valence-electron chi connectivity index (χ3n) is 4.97. The summed E-state index contributed by atoms with van der Waals surface area (Å²) in [6.45, 7) is 0.806. The highest BCUT2D eigenvalue weighted by Gasteiger charge is 2.21. The van der Waals surface area contributed by atoms with E-state index in [2.05, 4.69) is 22.1 Å². The van der Waals surface area contributed by atoms with Crippen molar-refractivity contribution in [3.63, 3.8) is 0 Å². The first-order chi connectivity index (χ1) is 12.8. The summed E-state index contributed by atoms with van der Waals surface area (Å²) in [7, 11) is 2.00. The summed E-state index contributed by atoms with van der Waals surface area (Å²) < 4.78 is 16.0. The van der Waals surface area contributed by atoms with Crippen LogP contribution in [0.5, 0.6) is 0 Å². The van der Waals surface area contributed by atoms with Gasteiger partial charge in [0.15, 0.2) is 11.6 Å². The number of fused-ring (bicyclic) bond motifs is 1. The Balaban J connectivity index is 1.52. The minimum Gasteiger partial charge on any atom is -0.455 e. The molecule has 6 heteroatoms. The van der Waals surface area contributed by atoms with Gasteiger partial charge in [0.05, 0.1) is 17.4 Å². The van der Waals surface area contributed by atoms with Gasteiger partial charge in [0.2, 0.25) is 0 Å². The lowest BCUT2D eigenvalue weighted by atomic mass is 10.1. The van der Waals surface area contributed by atoms with E-state index in [1.165, 1.54) is 6.42 Å². The molecule has 3 aromatic heterocycles. The molecular weight excluding hydrogens is 328 g/mol. The van der Waals surface area contributed by atoms with Crippen molar-refractivity contribution in [2.45, 2.75) is 25.4 Å². The summed E-state index contributed by atoms with van der Waals surface area (Å²) in [6, 6.07) is 10.2. The predicted molar refractivity (Wildman–Crippen MR) is 98.1 cm³/mol. The summed E-state index contributed by atoms with van der Waals surface area (Å²) >= 11 is 0. The molecule has 6 nitrogen and oxygen atoms in total. The molecule has 0 aliphatic carbocycles. The molecule has 1 fully saturated rings. The Kier molecular flexibility index (Phi) is 3.64. The van der Waals surface area contributed by atoms with Crippen LogP contribution in [-0.4, -0.2) is 25.7 Å². The molecule has 1 saturated heterocycles. The fourth-order valence-electron chi connectivity index (χ4n) is 3.57. The second kappa shape index (κ2) is 6.14. The van der Waals surface area contributed by atoms with Crippen molar-refractivity contribution in [2.75, 3.05) is 6.61 Å². The minimum atomic E-state index is 0.0618. The molecule has 1 atom stereocenters. The summed E-state index contributed by atoms with van der Waals surface area (Å²) in [4.78, 5) is 8.90. The lowest BCUT2D eigenvalue weighted by Gasteiger charge is -2.20. The first-order valence-electron chi connectivity index (χ1n) is 8.96. The van der Waals surface area contributed by atoms with Crippen molar-refractivity contribution < 1.29 is 9.15 Å². The lowest BCUT2D eigenvalue weighted by molar-refractivity contribution is 0.00219. The first-order valence-corrected chi connectivity index (χ1v) is 8.96. The van der Waals surface area contributed by atoms with E-state index in [0.717, 1.165) is 53.5 Å². The zero-order chi connectivity index (χ0) is 17.5. The Labute approximate surface area is 151 Å². The molecule has 0 N–H and O–H groups in total. The number of aryl methyl sites for hydroxylation is 1. The quantitative estimate of drug-likeness (QED) is 0.555. The topological polar surface area (TPSA) is 58.0 Å². The van der Waals surface area contributed by atoms with Gasteiger partial charge in [0.25, 0.3) is 0 Å². The molecule has 132 valence electrons. The Morgan fingerprint density at radius 3 is 2.96 bits per heavy atom. The molecule has 1 aliphatic heterocycles. The molecule has 4 aromatic rings. The van der Waals surface area contributed by atoms with Crippen LogP contribution in [0.1, 0.15) is 31.1 Å². The van der Waals surface area contributed by atoms with Crippen molar-refractivity contribution in [1.82, 2.24) is 19.1 Å². The van der Waals surface area contributed by atoms with E-state index in [1.54, 1.807) is 6.20 Å². The maximum atomic E-state index is 6.10. The molecule has 5 rings (SSSR count). The normalized spacial score (nSPS) is 17.8. The van der Waals surface area contributed by atoms with Gasteiger partial charge in [-0.05, 0) is 49.6 Å². The number of imidazole rings is 2. The fourth-order valence-corrected chi connectivity index (χ4v) is 3.57. The Hall–Kier alpha value is -2.86. The van der Waals surface area contributed by atoms with Crippen LogP contribution in [0.2, 0.25) is 0 Å².